The van der Waals surface area contributed by atoms with Crippen molar-refractivity contribution in [3.05, 3.63) is 70.2 Å². The van der Waals surface area contributed by atoms with Gasteiger partial charge in [-0.3, -0.25) is 15.3 Å². The first-order valence-electron chi connectivity index (χ1n) is 15.9. The lowest BCUT2D eigenvalue weighted by Crippen LogP contribution is -2.48. The number of carbonyl (C=O) groups excluding carboxylic acids is 1. The van der Waals surface area contributed by atoms with E-state index in [1.807, 2.05) is 43.3 Å². The number of nitrogens with zero attached hydrogens (tertiary/aromatic N) is 4. The molecule has 2 aromatic heterocycles. The molecular weight excluding hydrogens is 671 g/mol. The first-order valence-corrected chi connectivity index (χ1v) is 16.6. The second-order valence-electron chi connectivity index (χ2n) is 12.2. The van der Waals surface area contributed by atoms with Crippen LogP contribution in [0.5, 0.6) is 11.8 Å². The minimum Gasteiger partial charge on any atom is -0.480 e. The quantitative estimate of drug-likeness (QED) is 0.134. The summed E-state index contributed by atoms with van der Waals surface area (Å²) in [6.07, 6.45) is 4.10. The van der Waals surface area contributed by atoms with E-state index < -0.39 is 17.9 Å². The van der Waals surface area contributed by atoms with E-state index in [2.05, 4.69) is 31.2 Å². The summed E-state index contributed by atoms with van der Waals surface area (Å²) >= 11 is 14.1. The van der Waals surface area contributed by atoms with E-state index in [1.54, 1.807) is 19.5 Å². The van der Waals surface area contributed by atoms with Gasteiger partial charge in [0.2, 0.25) is 11.8 Å². The van der Waals surface area contributed by atoms with Crippen LogP contribution in [0.1, 0.15) is 31.2 Å². The zero-order chi connectivity index (χ0) is 34.5. The number of halogens is 2. The minimum atomic E-state index is -0.511. The number of hydrogen-bond donors (Lipinski definition) is 5. The maximum absolute atomic E-state index is 11.5. The highest BCUT2D eigenvalue weighted by Gasteiger charge is 2.34. The molecule has 2 aliphatic rings. The summed E-state index contributed by atoms with van der Waals surface area (Å²) in [5.74, 6) is 0.745. The van der Waals surface area contributed by atoms with Gasteiger partial charge in [0.1, 0.15) is 24.2 Å². The topological polar surface area (TPSA) is 165 Å². The summed E-state index contributed by atoms with van der Waals surface area (Å²) in [5.41, 5.74) is 4.59. The van der Waals surface area contributed by atoms with Crippen molar-refractivity contribution in [2.75, 3.05) is 33.9 Å². The van der Waals surface area contributed by atoms with Gasteiger partial charge in [-0.05, 0) is 19.8 Å². The number of aliphatic hydroxyl groups is 1. The molecule has 258 valence electrons. The third-order valence-electron chi connectivity index (χ3n) is 8.48. The van der Waals surface area contributed by atoms with Crippen LogP contribution in [0, 0.1) is 0 Å². The van der Waals surface area contributed by atoms with Crippen LogP contribution >= 0.6 is 23.2 Å². The number of alkyl carbamates (subject to hydrolysis) is 1. The zero-order valence-corrected chi connectivity index (χ0v) is 28.9. The number of methoxy groups -OCH3 is 2. The summed E-state index contributed by atoms with van der Waals surface area (Å²) in [7, 11) is 3.09. The van der Waals surface area contributed by atoms with E-state index in [0.29, 0.717) is 93.0 Å². The fraction of sp³-hybridized carbons (Fsp3) is 0.382. The molecule has 0 spiro atoms. The number of rotatable bonds is 13. The highest BCUT2D eigenvalue weighted by atomic mass is 35.5. The molecule has 4 aromatic rings. The first kappa shape index (κ1) is 34.7. The van der Waals surface area contributed by atoms with Gasteiger partial charge in [-0.25, -0.2) is 14.8 Å². The summed E-state index contributed by atoms with van der Waals surface area (Å²) in [4.78, 5) is 30.1. The number of benzene rings is 2. The smallest absolute Gasteiger partial charge is 0.407 e. The van der Waals surface area contributed by atoms with Crippen molar-refractivity contribution in [2.24, 2.45) is 0 Å². The lowest BCUT2D eigenvalue weighted by molar-refractivity contribution is 0.154. The Morgan fingerprint density at radius 1 is 0.898 bits per heavy atom. The van der Waals surface area contributed by atoms with Crippen LogP contribution in [0.25, 0.3) is 33.6 Å². The van der Waals surface area contributed by atoms with Crippen molar-refractivity contribution < 1.29 is 24.1 Å². The molecule has 4 heterocycles. The van der Waals surface area contributed by atoms with E-state index >= 15 is 0 Å². The van der Waals surface area contributed by atoms with E-state index in [-0.39, 0.29) is 12.6 Å². The van der Waals surface area contributed by atoms with E-state index in [4.69, 9.17) is 47.4 Å². The Hall–Kier alpha value is -4.11. The Bertz CT molecular complexity index is 1830. The van der Waals surface area contributed by atoms with Crippen molar-refractivity contribution in [2.45, 2.75) is 50.7 Å². The SMILES string of the molecule is COc1nc(-c2cccc(-c3cccc(-c4cnc(CNCC5(C)COC(=O)N5)c(OC)n4)c3Cl)c2Cl)cnc1CNC[C@@H]1CCC(O)N1. The molecule has 2 saturated heterocycles. The molecule has 0 saturated carbocycles. The molecule has 13 nitrogen and oxygen atoms in total. The largest absolute Gasteiger partial charge is 0.480 e. The highest BCUT2D eigenvalue weighted by molar-refractivity contribution is 6.39. The molecule has 0 radical (unpaired) electrons. The summed E-state index contributed by atoms with van der Waals surface area (Å²) in [6, 6.07) is 11.5. The third kappa shape index (κ3) is 7.88. The van der Waals surface area contributed by atoms with Crippen LogP contribution in [0.4, 0.5) is 4.79 Å². The van der Waals surface area contributed by atoms with Crippen molar-refractivity contribution in [3.63, 3.8) is 0 Å². The predicted molar refractivity (Wildman–Crippen MR) is 186 cm³/mol. The van der Waals surface area contributed by atoms with Gasteiger partial charge < -0.3 is 35.3 Å². The standard InChI is InChI=1S/C34H38Cl2N8O5/c1-34(18-49-33(46)44-34)17-38-14-27-32(48-3)43-25(16-40-27)23-9-5-7-21(30(23)36)20-6-4-8-22(29(20)35)24-15-39-26(31(42-24)47-2)13-37-12-19-10-11-28(45)41-19/h4-9,15-16,19,28,37-38,41,45H,10-14,17-18H2,1-3H3,(H,44,46)/t19-,28?,34?/m0/s1. The molecule has 6 rings (SSSR count). The number of nitrogens with one attached hydrogen (secondary N) is 4. The van der Waals surface area contributed by atoms with Gasteiger partial charge in [0.05, 0.1) is 53.6 Å². The molecule has 15 heteroatoms. The summed E-state index contributed by atoms with van der Waals surface area (Å²) in [5, 5.41) is 23.2. The molecular formula is C34H38Cl2N8O5. The molecule has 2 aromatic carbocycles. The number of hydrogen-bond acceptors (Lipinski definition) is 12. The molecule has 3 atom stereocenters. The van der Waals surface area contributed by atoms with Crippen molar-refractivity contribution >= 4 is 29.3 Å². The van der Waals surface area contributed by atoms with E-state index in [0.717, 1.165) is 12.8 Å². The first-order chi connectivity index (χ1) is 23.7. The van der Waals surface area contributed by atoms with Crippen LogP contribution in [-0.2, 0) is 17.8 Å². The number of cyclic esters (lactones) is 1. The van der Waals surface area contributed by atoms with Crippen LogP contribution < -0.4 is 30.7 Å². The monoisotopic (exact) mass is 708 g/mol. The maximum Gasteiger partial charge on any atom is 0.407 e. The Morgan fingerprint density at radius 2 is 1.45 bits per heavy atom. The highest BCUT2D eigenvalue weighted by Crippen LogP contribution is 2.42. The maximum atomic E-state index is 11.5. The number of aliphatic hydroxyl groups excluding tert-OH is 1. The van der Waals surface area contributed by atoms with E-state index in [9.17, 15) is 9.90 Å². The molecule has 0 bridgehead atoms. The van der Waals surface area contributed by atoms with Crippen LogP contribution in [0.2, 0.25) is 10.0 Å². The molecule has 5 N–H and O–H groups in total. The van der Waals surface area contributed by atoms with Gasteiger partial charge >= 0.3 is 6.09 Å². The molecule has 2 aliphatic heterocycles. The lowest BCUT2D eigenvalue weighted by atomic mass is 9.98. The molecule has 1 amide bonds. The number of amides is 1. The predicted octanol–water partition coefficient (Wildman–Crippen LogP) is 4.34. The number of aromatic nitrogens is 4. The Morgan fingerprint density at radius 3 is 1.94 bits per heavy atom. The average molecular weight is 710 g/mol. The van der Waals surface area contributed by atoms with Gasteiger partial charge in [-0.1, -0.05) is 59.6 Å². The fourth-order valence-electron chi connectivity index (χ4n) is 5.92. The molecule has 49 heavy (non-hydrogen) atoms. The Labute approximate surface area is 294 Å². The van der Waals surface area contributed by atoms with Crippen LogP contribution in [0.15, 0.2) is 48.8 Å². The van der Waals surface area contributed by atoms with Gasteiger partial charge in [0.15, 0.2) is 0 Å². The van der Waals surface area contributed by atoms with E-state index in [1.165, 1.54) is 7.11 Å². The average Bonchev–Trinajstić information content (AvgIpc) is 3.68. The Kier molecular flexibility index (Phi) is 10.8. The third-order valence-corrected chi connectivity index (χ3v) is 9.30. The van der Waals surface area contributed by atoms with Crippen LogP contribution in [0.3, 0.4) is 0 Å². The van der Waals surface area contributed by atoms with Crippen molar-refractivity contribution in [1.82, 2.24) is 41.2 Å². The second-order valence-corrected chi connectivity index (χ2v) is 13.0. The normalized spacial score (nSPS) is 20.2. The lowest BCUT2D eigenvalue weighted by Gasteiger charge is -2.21. The summed E-state index contributed by atoms with van der Waals surface area (Å²) < 4.78 is 16.2. The van der Waals surface area contributed by atoms with Crippen molar-refractivity contribution in [1.29, 1.82) is 0 Å². The molecule has 2 fully saturated rings. The summed E-state index contributed by atoms with van der Waals surface area (Å²) in [6.45, 7) is 4.17. The Balaban J connectivity index is 1.20. The van der Waals surface area contributed by atoms with Gasteiger partial charge in [-0.15, -0.1) is 0 Å². The minimum absolute atomic E-state index is 0.203. The second kappa shape index (κ2) is 15.2. The zero-order valence-electron chi connectivity index (χ0n) is 27.3. The number of ether oxygens (including phenoxy) is 3. The van der Waals surface area contributed by atoms with Crippen LogP contribution in [-0.4, -0.2) is 82.9 Å². The van der Waals surface area contributed by atoms with Gasteiger partial charge in [-0.2, -0.15) is 0 Å². The fourth-order valence-corrected chi connectivity index (χ4v) is 6.57. The molecule has 0 aliphatic carbocycles. The van der Waals surface area contributed by atoms with Gasteiger partial charge in [0, 0.05) is 54.5 Å². The molecule has 2 unspecified atom stereocenters. The number of carbonyl (C=O) groups is 1. The van der Waals surface area contributed by atoms with Crippen molar-refractivity contribution in [3.8, 4) is 45.4 Å². The van der Waals surface area contributed by atoms with Gasteiger partial charge in [0.25, 0.3) is 0 Å².